The van der Waals surface area contributed by atoms with Gasteiger partial charge in [-0.3, -0.25) is 14.2 Å². The van der Waals surface area contributed by atoms with Crippen LogP contribution in [0.3, 0.4) is 0 Å². The fourth-order valence-corrected chi connectivity index (χ4v) is 2.79. The van der Waals surface area contributed by atoms with E-state index in [1.54, 1.807) is 0 Å². The van der Waals surface area contributed by atoms with E-state index in [1.165, 1.54) is 17.0 Å². The van der Waals surface area contributed by atoms with Crippen molar-refractivity contribution >= 4 is 5.91 Å². The van der Waals surface area contributed by atoms with E-state index in [9.17, 15) is 9.59 Å². The Kier molecular flexibility index (Phi) is 5.59. The van der Waals surface area contributed by atoms with Gasteiger partial charge in [-0.2, -0.15) is 0 Å². The number of hydrogen-bond donors (Lipinski definition) is 1. The van der Waals surface area contributed by atoms with Crippen LogP contribution in [0, 0.1) is 0 Å². The third-order valence-electron chi connectivity index (χ3n) is 4.18. The molecule has 1 aromatic heterocycles. The highest BCUT2D eigenvalue weighted by molar-refractivity contribution is 5.76. The van der Waals surface area contributed by atoms with Gasteiger partial charge in [0.15, 0.2) is 0 Å². The second-order valence-corrected chi connectivity index (χ2v) is 6.02. The summed E-state index contributed by atoms with van der Waals surface area (Å²) >= 11 is 0. The second-order valence-electron chi connectivity index (χ2n) is 6.02. The predicted octanol–water partition coefficient (Wildman–Crippen LogP) is 2.71. The number of rotatable bonds is 6. The van der Waals surface area contributed by atoms with Crippen LogP contribution >= 0.6 is 0 Å². The van der Waals surface area contributed by atoms with Crippen LogP contribution in [-0.4, -0.2) is 15.5 Å². The van der Waals surface area contributed by atoms with Gasteiger partial charge in [0.1, 0.15) is 6.54 Å². The molecular formula is C21H21N3O2. The molecule has 5 heteroatoms. The molecule has 132 valence electrons. The van der Waals surface area contributed by atoms with Crippen LogP contribution in [-0.2, 0) is 17.8 Å². The van der Waals surface area contributed by atoms with Crippen LogP contribution in [0.5, 0.6) is 0 Å². The van der Waals surface area contributed by atoms with Crippen molar-refractivity contribution in [2.24, 2.45) is 0 Å². The number of carbonyl (C=O) groups is 1. The zero-order valence-corrected chi connectivity index (χ0v) is 14.6. The van der Waals surface area contributed by atoms with Crippen molar-refractivity contribution in [1.29, 1.82) is 0 Å². The summed E-state index contributed by atoms with van der Waals surface area (Å²) < 4.78 is 1.32. The van der Waals surface area contributed by atoms with Crippen molar-refractivity contribution < 1.29 is 4.79 Å². The lowest BCUT2D eigenvalue weighted by Crippen LogP contribution is -2.35. The smallest absolute Gasteiger partial charge is 0.253 e. The summed E-state index contributed by atoms with van der Waals surface area (Å²) in [4.78, 5) is 28.9. The Hall–Kier alpha value is -3.21. The molecule has 0 saturated carbocycles. The van der Waals surface area contributed by atoms with Gasteiger partial charge < -0.3 is 5.32 Å². The molecule has 0 unspecified atom stereocenters. The topological polar surface area (TPSA) is 64.0 Å². The van der Waals surface area contributed by atoms with Crippen molar-refractivity contribution in [3.05, 3.63) is 100 Å². The molecule has 1 heterocycles. The third kappa shape index (κ3) is 4.25. The molecule has 0 saturated heterocycles. The van der Waals surface area contributed by atoms with Crippen molar-refractivity contribution in [1.82, 2.24) is 14.9 Å². The Morgan fingerprint density at radius 2 is 1.62 bits per heavy atom. The molecule has 0 atom stereocenters. The summed E-state index contributed by atoms with van der Waals surface area (Å²) in [6, 6.07) is 20.7. The lowest BCUT2D eigenvalue weighted by molar-refractivity contribution is -0.122. The van der Waals surface area contributed by atoms with E-state index < -0.39 is 0 Å². The van der Waals surface area contributed by atoms with Crippen LogP contribution in [0.15, 0.2) is 77.9 Å². The molecule has 2 aromatic carbocycles. The number of amides is 1. The van der Waals surface area contributed by atoms with Crippen molar-refractivity contribution in [3.8, 4) is 0 Å². The van der Waals surface area contributed by atoms with Gasteiger partial charge in [0.2, 0.25) is 5.91 Å². The quantitative estimate of drug-likeness (QED) is 0.746. The van der Waals surface area contributed by atoms with E-state index in [0.717, 1.165) is 16.8 Å². The van der Waals surface area contributed by atoms with E-state index in [0.29, 0.717) is 6.42 Å². The number of carbonyl (C=O) groups excluding carboxylic acids is 1. The molecule has 0 aliphatic heterocycles. The minimum atomic E-state index is -0.275. The molecule has 1 amide bonds. The number of hydrogen-bond acceptors (Lipinski definition) is 3. The largest absolute Gasteiger partial charge is 0.344 e. The molecule has 0 spiro atoms. The number of aryl methyl sites for hydroxylation is 1. The molecule has 26 heavy (non-hydrogen) atoms. The van der Waals surface area contributed by atoms with E-state index in [-0.39, 0.29) is 24.1 Å². The van der Waals surface area contributed by atoms with Crippen molar-refractivity contribution in [2.45, 2.75) is 25.9 Å². The van der Waals surface area contributed by atoms with Crippen LogP contribution in [0.1, 0.15) is 29.8 Å². The molecule has 0 fully saturated rings. The molecule has 0 aliphatic carbocycles. The van der Waals surface area contributed by atoms with Gasteiger partial charge in [0.05, 0.1) is 12.4 Å². The predicted molar refractivity (Wildman–Crippen MR) is 101 cm³/mol. The van der Waals surface area contributed by atoms with Gasteiger partial charge in [-0.05, 0) is 17.5 Å². The molecule has 3 aromatic rings. The molecule has 1 N–H and O–H groups in total. The Labute approximate surface area is 152 Å². The summed E-state index contributed by atoms with van der Waals surface area (Å²) in [6.45, 7) is 1.87. The summed E-state index contributed by atoms with van der Waals surface area (Å²) in [5.74, 6) is -0.240. The van der Waals surface area contributed by atoms with Crippen LogP contribution in [0.25, 0.3) is 0 Å². The minimum absolute atomic E-state index is 0.0635. The Balaban J connectivity index is 1.81. The number of aromatic nitrogens is 2. The first-order valence-corrected chi connectivity index (χ1v) is 8.62. The first kappa shape index (κ1) is 17.6. The maximum absolute atomic E-state index is 12.6. The highest BCUT2D eigenvalue weighted by Crippen LogP contribution is 2.21. The monoisotopic (exact) mass is 347 g/mol. The second kappa shape index (κ2) is 8.25. The maximum atomic E-state index is 12.6. The number of nitrogens with one attached hydrogen (secondary N) is 1. The first-order valence-electron chi connectivity index (χ1n) is 8.62. The normalized spacial score (nSPS) is 10.7. The zero-order valence-electron chi connectivity index (χ0n) is 14.6. The lowest BCUT2D eigenvalue weighted by atomic mass is 9.99. The standard InChI is InChI=1S/C21H21N3O2/c1-2-18-13-20(26)24(15-22-18)14-19(25)23-21(16-9-5-3-6-10-16)17-11-7-4-8-12-17/h3-13,15,21H,2,14H2,1H3,(H,23,25). The van der Waals surface area contributed by atoms with Crippen molar-refractivity contribution in [3.63, 3.8) is 0 Å². The Morgan fingerprint density at radius 3 is 2.12 bits per heavy atom. The Morgan fingerprint density at radius 1 is 1.04 bits per heavy atom. The maximum Gasteiger partial charge on any atom is 0.253 e. The third-order valence-corrected chi connectivity index (χ3v) is 4.18. The van der Waals surface area contributed by atoms with Gasteiger partial charge in [0.25, 0.3) is 5.56 Å². The van der Waals surface area contributed by atoms with Crippen molar-refractivity contribution in [2.75, 3.05) is 0 Å². The Bertz CT molecular complexity index is 881. The van der Waals surface area contributed by atoms with Gasteiger partial charge in [-0.1, -0.05) is 67.6 Å². The summed E-state index contributed by atoms with van der Waals surface area (Å²) in [6.07, 6.45) is 2.12. The molecule has 3 rings (SSSR count). The first-order chi connectivity index (χ1) is 12.7. The fourth-order valence-electron chi connectivity index (χ4n) is 2.79. The molecule has 5 nitrogen and oxygen atoms in total. The molecule has 0 radical (unpaired) electrons. The summed E-state index contributed by atoms with van der Waals surface area (Å²) in [7, 11) is 0. The lowest BCUT2D eigenvalue weighted by Gasteiger charge is -2.20. The highest BCUT2D eigenvalue weighted by Gasteiger charge is 2.17. The zero-order chi connectivity index (χ0) is 18.4. The van der Waals surface area contributed by atoms with Crippen LogP contribution in [0.4, 0.5) is 0 Å². The van der Waals surface area contributed by atoms with E-state index >= 15 is 0 Å². The number of benzene rings is 2. The average Bonchev–Trinajstić information content (AvgIpc) is 2.69. The summed E-state index contributed by atoms with van der Waals surface area (Å²) in [5.41, 5.74) is 2.47. The van der Waals surface area contributed by atoms with Crippen LogP contribution in [0.2, 0.25) is 0 Å². The molecule has 0 aliphatic rings. The summed E-state index contributed by atoms with van der Waals surface area (Å²) in [5, 5.41) is 3.03. The highest BCUT2D eigenvalue weighted by atomic mass is 16.2. The van der Waals surface area contributed by atoms with E-state index in [4.69, 9.17) is 0 Å². The number of nitrogens with zero attached hydrogens (tertiary/aromatic N) is 2. The van der Waals surface area contributed by atoms with Gasteiger partial charge in [-0.25, -0.2) is 4.98 Å². The molecular weight excluding hydrogens is 326 g/mol. The van der Waals surface area contributed by atoms with Crippen LogP contribution < -0.4 is 10.9 Å². The minimum Gasteiger partial charge on any atom is -0.344 e. The van der Waals surface area contributed by atoms with Gasteiger partial charge in [-0.15, -0.1) is 0 Å². The van der Waals surface area contributed by atoms with Gasteiger partial charge >= 0.3 is 0 Å². The van der Waals surface area contributed by atoms with E-state index in [2.05, 4.69) is 10.3 Å². The van der Waals surface area contributed by atoms with Gasteiger partial charge in [0, 0.05) is 11.8 Å². The van der Waals surface area contributed by atoms with E-state index in [1.807, 2.05) is 67.6 Å². The fraction of sp³-hybridized carbons (Fsp3) is 0.190. The molecule has 0 bridgehead atoms. The SMILES string of the molecule is CCc1cc(=O)n(CC(=O)NC(c2ccccc2)c2ccccc2)cn1. The average molecular weight is 347 g/mol.